The van der Waals surface area contributed by atoms with E-state index in [1.165, 1.54) is 4.70 Å². The fourth-order valence-electron chi connectivity index (χ4n) is 6.25. The van der Waals surface area contributed by atoms with Crippen LogP contribution in [-0.2, 0) is 0 Å². The van der Waals surface area contributed by atoms with E-state index in [0.29, 0.717) is 0 Å². The maximum Gasteiger partial charge on any atom is 0.124 e. The van der Waals surface area contributed by atoms with E-state index in [0.717, 1.165) is 82.4 Å². The fraction of sp³-hybridized carbons (Fsp3) is 0. The molecule has 0 N–H and O–H groups in total. The summed E-state index contributed by atoms with van der Waals surface area (Å²) < 4.78 is 1.19. The average molecular weight is 618 g/mol. The van der Waals surface area contributed by atoms with E-state index in [2.05, 4.69) is 131 Å². The highest BCUT2D eigenvalue weighted by atomic mass is 32.1. The summed E-state index contributed by atoms with van der Waals surface area (Å²) in [6, 6.07) is 53.7. The Hall–Kier alpha value is -5.97. The van der Waals surface area contributed by atoms with Crippen molar-refractivity contribution in [3.05, 3.63) is 164 Å². The second kappa shape index (κ2) is 11.4. The van der Waals surface area contributed by atoms with Crippen molar-refractivity contribution in [2.45, 2.75) is 0 Å². The summed E-state index contributed by atoms with van der Waals surface area (Å²) in [5.41, 5.74) is 13.3. The van der Waals surface area contributed by atoms with Gasteiger partial charge in [-0.05, 0) is 88.0 Å². The molecule has 3 heterocycles. The molecule has 3 nitrogen and oxygen atoms in total. The lowest BCUT2D eigenvalue weighted by atomic mass is 9.94. The van der Waals surface area contributed by atoms with Crippen LogP contribution in [0, 0.1) is 0 Å². The molecule has 6 aromatic carbocycles. The fourth-order valence-corrected chi connectivity index (χ4v) is 7.20. The minimum Gasteiger partial charge on any atom is -0.256 e. The highest BCUT2D eigenvalue weighted by Gasteiger charge is 2.12. The Balaban J connectivity index is 1.11. The molecule has 9 aromatic rings. The van der Waals surface area contributed by atoms with Crippen LogP contribution in [0.4, 0.5) is 0 Å². The highest BCUT2D eigenvalue weighted by molar-refractivity contribution is 7.21. The minimum atomic E-state index is 1.01. The number of nitrogens with zero attached hydrogens (tertiary/aromatic N) is 3. The number of hydrogen-bond donors (Lipinski definition) is 0. The van der Waals surface area contributed by atoms with Crippen LogP contribution >= 0.6 is 11.3 Å². The highest BCUT2D eigenvalue weighted by Crippen LogP contribution is 2.37. The third kappa shape index (κ3) is 5.25. The molecule has 0 amide bonds. The quantitative estimate of drug-likeness (QED) is 0.193. The lowest BCUT2D eigenvalue weighted by Gasteiger charge is -2.11. The van der Waals surface area contributed by atoms with Crippen LogP contribution in [0.3, 0.4) is 0 Å². The maximum atomic E-state index is 5.01. The molecule has 0 atom stereocenters. The number of para-hydroxylation sites is 3. The van der Waals surface area contributed by atoms with Gasteiger partial charge in [-0.3, -0.25) is 9.97 Å². The van der Waals surface area contributed by atoms with Crippen LogP contribution in [0.2, 0.25) is 0 Å². The number of pyridine rings is 2. The molecule has 47 heavy (non-hydrogen) atoms. The van der Waals surface area contributed by atoms with Crippen LogP contribution < -0.4 is 0 Å². The minimum absolute atomic E-state index is 1.01. The van der Waals surface area contributed by atoms with E-state index in [-0.39, 0.29) is 0 Å². The zero-order chi connectivity index (χ0) is 31.2. The first kappa shape index (κ1) is 27.3. The number of aromatic nitrogens is 3. The third-order valence-corrected chi connectivity index (χ3v) is 9.84. The van der Waals surface area contributed by atoms with E-state index >= 15 is 0 Å². The van der Waals surface area contributed by atoms with Crippen LogP contribution in [-0.4, -0.2) is 15.0 Å². The lowest BCUT2D eigenvalue weighted by Crippen LogP contribution is -1.88. The molecule has 9 rings (SSSR count). The van der Waals surface area contributed by atoms with E-state index in [4.69, 9.17) is 4.98 Å². The molecule has 4 heteroatoms. The van der Waals surface area contributed by atoms with E-state index in [9.17, 15) is 0 Å². The Morgan fingerprint density at radius 3 is 1.28 bits per heavy atom. The van der Waals surface area contributed by atoms with E-state index < -0.39 is 0 Å². The van der Waals surface area contributed by atoms with Gasteiger partial charge in [0.2, 0.25) is 0 Å². The van der Waals surface area contributed by atoms with Gasteiger partial charge in [-0.25, -0.2) is 4.98 Å². The lowest BCUT2D eigenvalue weighted by molar-refractivity contribution is 1.41. The van der Waals surface area contributed by atoms with Crippen LogP contribution in [0.1, 0.15) is 0 Å². The molecule has 0 spiro atoms. The van der Waals surface area contributed by atoms with E-state index in [1.54, 1.807) is 11.3 Å². The molecule has 0 aliphatic carbocycles. The van der Waals surface area contributed by atoms with Gasteiger partial charge in [0.25, 0.3) is 0 Å². The van der Waals surface area contributed by atoms with Gasteiger partial charge in [-0.2, -0.15) is 0 Å². The van der Waals surface area contributed by atoms with E-state index in [1.807, 2.05) is 42.7 Å². The van der Waals surface area contributed by atoms with Gasteiger partial charge >= 0.3 is 0 Å². The topological polar surface area (TPSA) is 38.7 Å². The van der Waals surface area contributed by atoms with Gasteiger partial charge in [-0.15, -0.1) is 11.3 Å². The van der Waals surface area contributed by atoms with Gasteiger partial charge in [0, 0.05) is 39.9 Å². The predicted molar refractivity (Wildman–Crippen MR) is 197 cm³/mol. The molecule has 220 valence electrons. The van der Waals surface area contributed by atoms with Crippen molar-refractivity contribution in [3.8, 4) is 55.1 Å². The predicted octanol–water partition coefficient (Wildman–Crippen LogP) is 11.7. The van der Waals surface area contributed by atoms with Crippen molar-refractivity contribution in [2.24, 2.45) is 0 Å². The van der Waals surface area contributed by atoms with Crippen molar-refractivity contribution in [1.29, 1.82) is 0 Å². The molecule has 0 radical (unpaired) electrons. The van der Waals surface area contributed by atoms with Crippen molar-refractivity contribution >= 4 is 43.4 Å². The Morgan fingerprint density at radius 2 is 0.766 bits per heavy atom. The first-order valence-corrected chi connectivity index (χ1v) is 16.5. The Bertz CT molecular complexity index is 2390. The number of benzene rings is 6. The van der Waals surface area contributed by atoms with Crippen LogP contribution in [0.5, 0.6) is 0 Å². The second-order valence-electron chi connectivity index (χ2n) is 11.8. The summed E-state index contributed by atoms with van der Waals surface area (Å²) in [4.78, 5) is 14.4. The zero-order valence-corrected chi connectivity index (χ0v) is 26.2. The van der Waals surface area contributed by atoms with Crippen molar-refractivity contribution < 1.29 is 0 Å². The molecular formula is C43H27N3S. The maximum absolute atomic E-state index is 5.01. The molecule has 0 fully saturated rings. The van der Waals surface area contributed by atoms with Crippen molar-refractivity contribution in [1.82, 2.24) is 15.0 Å². The third-order valence-electron chi connectivity index (χ3n) is 8.76. The number of hydrogen-bond acceptors (Lipinski definition) is 4. The van der Waals surface area contributed by atoms with Gasteiger partial charge in [0.1, 0.15) is 5.01 Å². The number of thiazole rings is 1. The molecule has 0 aliphatic rings. The monoisotopic (exact) mass is 617 g/mol. The smallest absolute Gasteiger partial charge is 0.124 e. The van der Waals surface area contributed by atoms with Crippen LogP contribution in [0.25, 0.3) is 87.1 Å². The Labute approximate surface area is 276 Å². The summed E-state index contributed by atoms with van der Waals surface area (Å²) in [6.07, 6.45) is 3.92. The molecular weight excluding hydrogens is 591 g/mol. The Kier molecular flexibility index (Phi) is 6.65. The summed E-state index contributed by atoms with van der Waals surface area (Å²) in [5.74, 6) is 0. The first-order chi connectivity index (χ1) is 23.2. The average Bonchev–Trinajstić information content (AvgIpc) is 3.59. The van der Waals surface area contributed by atoms with Crippen LogP contribution in [0.15, 0.2) is 164 Å². The molecule has 0 saturated carbocycles. The van der Waals surface area contributed by atoms with Gasteiger partial charge in [0.05, 0.1) is 21.3 Å². The largest absolute Gasteiger partial charge is 0.256 e. The molecule has 0 saturated heterocycles. The molecule has 0 aliphatic heterocycles. The van der Waals surface area contributed by atoms with Crippen molar-refractivity contribution in [2.75, 3.05) is 0 Å². The molecule has 3 aromatic heterocycles. The first-order valence-electron chi connectivity index (χ1n) is 15.7. The zero-order valence-electron chi connectivity index (χ0n) is 25.3. The number of fused-ring (bicyclic) bond motifs is 3. The summed E-state index contributed by atoms with van der Waals surface area (Å²) in [7, 11) is 0. The summed E-state index contributed by atoms with van der Waals surface area (Å²) in [6.45, 7) is 0. The SMILES string of the molecule is c1ccc2ncc(-c3ccc(-c4cc(-c5ccc(-c6cnc7ccccc7c6)cc5)cc(-c5nc6ccccc6s5)c4)cc3)cc2c1. The molecule has 0 unspecified atom stereocenters. The van der Waals surface area contributed by atoms with Gasteiger partial charge < -0.3 is 0 Å². The van der Waals surface area contributed by atoms with Gasteiger partial charge in [0.15, 0.2) is 0 Å². The standard InChI is InChI=1S/C43H27N3S/c1-3-9-39-32(7-1)21-37(26-44-39)30-17-13-28(14-18-30)34-23-35(25-36(24-34)43-46-41-11-5-6-12-42(41)47-43)29-15-19-31(20-16-29)38-22-33-8-2-4-10-40(33)45-27-38/h1-27H. The second-order valence-corrected chi connectivity index (χ2v) is 12.8. The summed E-state index contributed by atoms with van der Waals surface area (Å²) >= 11 is 1.73. The normalized spacial score (nSPS) is 11.4. The summed E-state index contributed by atoms with van der Waals surface area (Å²) in [5, 5.41) is 3.31. The van der Waals surface area contributed by atoms with Crippen molar-refractivity contribution in [3.63, 3.8) is 0 Å². The molecule has 0 bridgehead atoms. The number of rotatable bonds is 5. The Morgan fingerprint density at radius 1 is 0.340 bits per heavy atom. The van der Waals surface area contributed by atoms with Gasteiger partial charge in [-0.1, -0.05) is 97.1 Å².